The summed E-state index contributed by atoms with van der Waals surface area (Å²) in [6.07, 6.45) is 14.5. The van der Waals surface area contributed by atoms with Gasteiger partial charge < -0.3 is 21.1 Å². The molecule has 0 spiro atoms. The third-order valence-electron chi connectivity index (χ3n) is 10.5. The van der Waals surface area contributed by atoms with Crippen LogP contribution >= 0.6 is 0 Å². The molecule has 3 rings (SSSR count). The number of hydrogen-bond donors (Lipinski definition) is 4. The fourth-order valence-electron chi connectivity index (χ4n) is 7.97. The smallest absolute Gasteiger partial charge is 0.234 e. The molecule has 0 saturated heterocycles. The number of nitrogens with zero attached hydrogens (tertiary/aromatic N) is 2. The van der Waals surface area contributed by atoms with E-state index in [0.717, 1.165) is 51.4 Å². The van der Waals surface area contributed by atoms with E-state index in [1.54, 1.807) is 5.01 Å². The van der Waals surface area contributed by atoms with E-state index in [4.69, 9.17) is 5.73 Å². The van der Waals surface area contributed by atoms with Gasteiger partial charge in [-0.1, -0.05) is 72.1 Å². The number of amides is 4. The number of carbonyl (C=O) groups excluding carboxylic acids is 4. The SMILES string of the molecule is CCCN(CCC)C(=O)C1CC(C(N)=O)CC(C(=O)NC(CC2CCCCC2)C(O)CN(CC)NC(=O)CC2CCCCC2)C1. The van der Waals surface area contributed by atoms with Crippen LogP contribution < -0.4 is 16.5 Å². The number of nitrogens with one attached hydrogen (secondary N) is 2. The zero-order chi connectivity index (χ0) is 32.8. The number of nitrogens with two attached hydrogens (primary N) is 1. The molecule has 5 unspecified atom stereocenters. The van der Waals surface area contributed by atoms with Gasteiger partial charge in [0.1, 0.15) is 0 Å². The zero-order valence-corrected chi connectivity index (χ0v) is 28.4. The van der Waals surface area contributed by atoms with Crippen molar-refractivity contribution in [3.63, 3.8) is 0 Å². The average Bonchev–Trinajstić information content (AvgIpc) is 3.04. The first-order valence-electron chi connectivity index (χ1n) is 18.3. The minimum Gasteiger partial charge on any atom is -0.390 e. The third-order valence-corrected chi connectivity index (χ3v) is 10.5. The molecule has 0 heterocycles. The van der Waals surface area contributed by atoms with Crippen LogP contribution in [0, 0.1) is 29.6 Å². The topological polar surface area (TPSA) is 145 Å². The molecule has 10 nitrogen and oxygen atoms in total. The largest absolute Gasteiger partial charge is 0.390 e. The summed E-state index contributed by atoms with van der Waals surface area (Å²) in [5.41, 5.74) is 8.77. The second-order valence-corrected chi connectivity index (χ2v) is 14.2. The Hall–Kier alpha value is -2.20. The normalized spacial score (nSPS) is 24.5. The number of primary amides is 1. The van der Waals surface area contributed by atoms with Crippen molar-refractivity contribution in [1.29, 1.82) is 0 Å². The summed E-state index contributed by atoms with van der Waals surface area (Å²) in [6.45, 7) is 8.09. The molecule has 10 heteroatoms. The van der Waals surface area contributed by atoms with Crippen molar-refractivity contribution < 1.29 is 24.3 Å². The summed E-state index contributed by atoms with van der Waals surface area (Å²) in [5, 5.41) is 16.5. The average molecular weight is 634 g/mol. The van der Waals surface area contributed by atoms with Crippen LogP contribution in [0.4, 0.5) is 0 Å². The highest BCUT2D eigenvalue weighted by Gasteiger charge is 2.40. The van der Waals surface area contributed by atoms with Gasteiger partial charge in [0.05, 0.1) is 12.1 Å². The summed E-state index contributed by atoms with van der Waals surface area (Å²) in [5.74, 6) is -1.37. The van der Waals surface area contributed by atoms with Crippen LogP contribution in [0.25, 0.3) is 0 Å². The molecule has 5 N–H and O–H groups in total. The molecular formula is C35H63N5O5. The van der Waals surface area contributed by atoms with Gasteiger partial charge >= 0.3 is 0 Å². The standard InChI is InChI=1S/C35H63N5O5/c1-4-17-39(18-5-2)35(45)29-22-27(33(36)43)21-28(23-29)34(44)37-30(19-25-13-9-7-10-14-25)31(41)24-40(6-3)38-32(42)20-26-15-11-8-12-16-26/h25-31,41H,4-24H2,1-3H3,(H2,36,43)(H,37,44)(H,38,42). The van der Waals surface area contributed by atoms with Gasteiger partial charge in [0.25, 0.3) is 0 Å². The fraction of sp³-hybridized carbons (Fsp3) is 0.886. The first-order valence-corrected chi connectivity index (χ1v) is 18.3. The van der Waals surface area contributed by atoms with E-state index in [2.05, 4.69) is 10.7 Å². The minimum absolute atomic E-state index is 0.00351. The van der Waals surface area contributed by atoms with Gasteiger partial charge in [-0.15, -0.1) is 0 Å². The predicted molar refractivity (Wildman–Crippen MR) is 176 cm³/mol. The first kappa shape index (κ1) is 37.3. The van der Waals surface area contributed by atoms with Crippen LogP contribution in [0.15, 0.2) is 0 Å². The Morgan fingerprint density at radius 3 is 1.91 bits per heavy atom. The quantitative estimate of drug-likeness (QED) is 0.176. The summed E-state index contributed by atoms with van der Waals surface area (Å²) < 4.78 is 0. The Morgan fingerprint density at radius 1 is 0.800 bits per heavy atom. The Morgan fingerprint density at radius 2 is 1.36 bits per heavy atom. The number of likely N-dealkylation sites (N-methyl/N-ethyl adjacent to an activating group) is 1. The zero-order valence-electron chi connectivity index (χ0n) is 28.4. The molecule has 0 bridgehead atoms. The van der Waals surface area contributed by atoms with Gasteiger partial charge in [0, 0.05) is 50.4 Å². The summed E-state index contributed by atoms with van der Waals surface area (Å²) >= 11 is 0. The Balaban J connectivity index is 1.69. The van der Waals surface area contributed by atoms with Crippen molar-refractivity contribution in [2.45, 2.75) is 142 Å². The van der Waals surface area contributed by atoms with Crippen LogP contribution in [0.5, 0.6) is 0 Å². The first-order chi connectivity index (χ1) is 21.6. The van der Waals surface area contributed by atoms with Gasteiger partial charge in [-0.05, 0) is 63.2 Å². The lowest BCUT2D eigenvalue weighted by atomic mass is 9.73. The molecule has 0 aromatic carbocycles. The van der Waals surface area contributed by atoms with Crippen molar-refractivity contribution in [2.75, 3.05) is 26.2 Å². The Labute approximate surface area is 271 Å². The van der Waals surface area contributed by atoms with E-state index in [-0.39, 0.29) is 24.3 Å². The van der Waals surface area contributed by atoms with Crippen LogP contribution in [0.2, 0.25) is 0 Å². The number of rotatable bonds is 17. The lowest BCUT2D eigenvalue weighted by molar-refractivity contribution is -0.141. The van der Waals surface area contributed by atoms with E-state index in [0.29, 0.717) is 63.6 Å². The number of carbonyl (C=O) groups is 4. The minimum atomic E-state index is -0.886. The van der Waals surface area contributed by atoms with Crippen molar-refractivity contribution >= 4 is 23.6 Å². The molecule has 0 radical (unpaired) electrons. The van der Waals surface area contributed by atoms with E-state index >= 15 is 0 Å². The maximum absolute atomic E-state index is 13.9. The number of aliphatic hydroxyl groups excluding tert-OH is 1. The van der Waals surface area contributed by atoms with Crippen molar-refractivity contribution in [1.82, 2.24) is 20.7 Å². The maximum atomic E-state index is 13.9. The number of hydrazine groups is 1. The molecule has 45 heavy (non-hydrogen) atoms. The van der Waals surface area contributed by atoms with Crippen LogP contribution in [0.3, 0.4) is 0 Å². The highest BCUT2D eigenvalue weighted by molar-refractivity contribution is 5.85. The molecule has 3 saturated carbocycles. The number of aliphatic hydroxyl groups is 1. The Bertz CT molecular complexity index is 929. The van der Waals surface area contributed by atoms with Gasteiger partial charge in [-0.3, -0.25) is 24.6 Å². The molecule has 0 aromatic heterocycles. The van der Waals surface area contributed by atoms with Crippen molar-refractivity contribution in [2.24, 2.45) is 35.3 Å². The highest BCUT2D eigenvalue weighted by atomic mass is 16.3. The lowest BCUT2D eigenvalue weighted by Crippen LogP contribution is -2.54. The van der Waals surface area contributed by atoms with E-state index in [9.17, 15) is 24.3 Å². The molecule has 3 aliphatic rings. The predicted octanol–water partition coefficient (Wildman–Crippen LogP) is 4.29. The second-order valence-electron chi connectivity index (χ2n) is 14.2. The summed E-state index contributed by atoms with van der Waals surface area (Å²) in [7, 11) is 0. The van der Waals surface area contributed by atoms with Gasteiger partial charge in [0.2, 0.25) is 23.6 Å². The van der Waals surface area contributed by atoms with Crippen LogP contribution in [0.1, 0.15) is 130 Å². The number of hydrogen-bond acceptors (Lipinski definition) is 6. The fourth-order valence-corrected chi connectivity index (χ4v) is 7.97. The second kappa shape index (κ2) is 19.5. The molecule has 0 aromatic rings. The summed E-state index contributed by atoms with van der Waals surface area (Å²) in [6, 6.07) is -0.496. The van der Waals surface area contributed by atoms with E-state index < -0.39 is 35.8 Å². The third kappa shape index (κ3) is 12.2. The Kier molecular flexibility index (Phi) is 16.1. The molecule has 258 valence electrons. The maximum Gasteiger partial charge on any atom is 0.234 e. The molecule has 3 fully saturated rings. The van der Waals surface area contributed by atoms with Crippen molar-refractivity contribution in [3.05, 3.63) is 0 Å². The summed E-state index contributed by atoms with van der Waals surface area (Å²) in [4.78, 5) is 54.5. The molecule has 0 aliphatic heterocycles. The lowest BCUT2D eigenvalue weighted by Gasteiger charge is -2.37. The molecule has 5 atom stereocenters. The molecule has 3 aliphatic carbocycles. The van der Waals surface area contributed by atoms with E-state index in [1.807, 2.05) is 25.7 Å². The monoisotopic (exact) mass is 633 g/mol. The van der Waals surface area contributed by atoms with Crippen molar-refractivity contribution in [3.8, 4) is 0 Å². The van der Waals surface area contributed by atoms with Gasteiger partial charge in [-0.25, -0.2) is 5.01 Å². The van der Waals surface area contributed by atoms with Gasteiger partial charge in [0.15, 0.2) is 0 Å². The highest BCUT2D eigenvalue weighted by Crippen LogP contribution is 2.36. The van der Waals surface area contributed by atoms with Crippen LogP contribution in [-0.2, 0) is 19.2 Å². The molecular weight excluding hydrogens is 570 g/mol. The molecule has 4 amide bonds. The van der Waals surface area contributed by atoms with Gasteiger partial charge in [-0.2, -0.15) is 0 Å². The van der Waals surface area contributed by atoms with Crippen LogP contribution in [-0.4, -0.2) is 77.0 Å². The van der Waals surface area contributed by atoms with E-state index in [1.165, 1.54) is 25.7 Å².